The molecule has 4 rings (SSSR count). The first-order valence-electron chi connectivity index (χ1n) is 14.5. The number of primary amides is 1. The molecular formula is C32H36FN9O3. The number of nitrogens with zero attached hydrogens (tertiary/aromatic N) is 5. The van der Waals surface area contributed by atoms with Gasteiger partial charge >= 0.3 is 6.03 Å². The van der Waals surface area contributed by atoms with Gasteiger partial charge in [-0.1, -0.05) is 65.9 Å². The Bertz CT molecular complexity index is 1560. The highest BCUT2D eigenvalue weighted by molar-refractivity contribution is 5.91. The number of benzene rings is 3. The zero-order valence-corrected chi connectivity index (χ0v) is 24.6. The fraction of sp³-hybridized carbons (Fsp3) is 0.250. The number of amides is 4. The van der Waals surface area contributed by atoms with Crippen molar-refractivity contribution in [3.05, 3.63) is 114 Å². The van der Waals surface area contributed by atoms with Crippen LogP contribution in [0.5, 0.6) is 0 Å². The molecule has 6 N–H and O–H groups in total. The van der Waals surface area contributed by atoms with E-state index in [1.807, 2.05) is 60.7 Å². The molecule has 1 heterocycles. The second-order valence-corrected chi connectivity index (χ2v) is 10.3. The molecule has 0 radical (unpaired) electrons. The van der Waals surface area contributed by atoms with E-state index in [0.29, 0.717) is 37.2 Å². The number of aromatic nitrogens is 3. The van der Waals surface area contributed by atoms with E-state index >= 15 is 0 Å². The number of unbranched alkanes of at least 4 members (excludes halogenated alkanes) is 1. The molecule has 0 saturated heterocycles. The quantitative estimate of drug-likeness (QED) is 0.0911. The van der Waals surface area contributed by atoms with Gasteiger partial charge in [-0.2, -0.15) is 5.10 Å². The predicted octanol–water partition coefficient (Wildman–Crippen LogP) is 2.66. The van der Waals surface area contributed by atoms with E-state index in [4.69, 9.17) is 11.5 Å². The number of hydrazone groups is 1. The standard InChI is InChI=1S/C32H36FN9O3/c33-25-14-16-27(17-15-25)41-21-26(39-40-41)22-42(36-20-24-11-5-2-6-12-24)32(45)38-29(19-23-9-3-1-4-10-23)31(44)37-28(30(35)43)13-7-8-18-34/h1-6,9-12,14-17,20-21,28-29H,7-8,13,18-19,22,34H2,(H2,35,43)(H,37,44)(H,38,45)/b36-20+/t28-,29+/m0/s1. The zero-order valence-electron chi connectivity index (χ0n) is 24.6. The first-order valence-corrected chi connectivity index (χ1v) is 14.5. The van der Waals surface area contributed by atoms with Gasteiger partial charge in [0.05, 0.1) is 24.6 Å². The third-order valence-corrected chi connectivity index (χ3v) is 6.83. The van der Waals surface area contributed by atoms with Gasteiger partial charge in [0.15, 0.2) is 0 Å². The highest BCUT2D eigenvalue weighted by Gasteiger charge is 2.28. The number of carbonyl (C=O) groups is 3. The summed E-state index contributed by atoms with van der Waals surface area (Å²) in [4.78, 5) is 39.4. The summed E-state index contributed by atoms with van der Waals surface area (Å²) in [7, 11) is 0. The third kappa shape index (κ3) is 10.1. The Morgan fingerprint density at radius 2 is 1.62 bits per heavy atom. The lowest BCUT2D eigenvalue weighted by Gasteiger charge is -2.24. The zero-order chi connectivity index (χ0) is 32.0. The number of halogens is 1. The molecule has 234 valence electrons. The van der Waals surface area contributed by atoms with Crippen LogP contribution in [0.15, 0.2) is 96.2 Å². The fourth-order valence-electron chi connectivity index (χ4n) is 4.42. The van der Waals surface area contributed by atoms with Crippen molar-refractivity contribution in [1.29, 1.82) is 0 Å². The number of hydrogen-bond acceptors (Lipinski definition) is 7. The summed E-state index contributed by atoms with van der Waals surface area (Å²) in [6, 6.07) is 21.4. The normalized spacial score (nSPS) is 12.4. The Kier molecular flexibility index (Phi) is 11.9. The van der Waals surface area contributed by atoms with Crippen LogP contribution in [-0.4, -0.2) is 62.7 Å². The van der Waals surface area contributed by atoms with Gasteiger partial charge in [-0.3, -0.25) is 9.59 Å². The van der Waals surface area contributed by atoms with E-state index in [1.165, 1.54) is 23.0 Å². The highest BCUT2D eigenvalue weighted by atomic mass is 19.1. The monoisotopic (exact) mass is 613 g/mol. The molecule has 45 heavy (non-hydrogen) atoms. The number of hydrogen-bond donors (Lipinski definition) is 4. The maximum Gasteiger partial charge on any atom is 0.338 e. The maximum absolute atomic E-state index is 13.7. The molecule has 4 amide bonds. The average molecular weight is 614 g/mol. The van der Waals surface area contributed by atoms with Gasteiger partial charge < -0.3 is 22.1 Å². The molecule has 0 aliphatic rings. The van der Waals surface area contributed by atoms with Crippen LogP contribution < -0.4 is 22.1 Å². The third-order valence-electron chi connectivity index (χ3n) is 6.83. The minimum Gasteiger partial charge on any atom is -0.368 e. The van der Waals surface area contributed by atoms with E-state index in [2.05, 4.69) is 26.0 Å². The Morgan fingerprint density at radius 1 is 0.933 bits per heavy atom. The summed E-state index contributed by atoms with van der Waals surface area (Å²) in [5.41, 5.74) is 13.6. The second kappa shape index (κ2) is 16.4. The molecule has 0 saturated carbocycles. The summed E-state index contributed by atoms with van der Waals surface area (Å²) < 4.78 is 14.9. The summed E-state index contributed by atoms with van der Waals surface area (Å²) >= 11 is 0. The lowest BCUT2D eigenvalue weighted by molar-refractivity contribution is -0.128. The van der Waals surface area contributed by atoms with E-state index < -0.39 is 29.9 Å². The highest BCUT2D eigenvalue weighted by Crippen LogP contribution is 2.12. The van der Waals surface area contributed by atoms with E-state index in [9.17, 15) is 18.8 Å². The van der Waals surface area contributed by atoms with Gasteiger partial charge in [-0.25, -0.2) is 18.9 Å². The van der Waals surface area contributed by atoms with E-state index in [-0.39, 0.29) is 18.8 Å². The van der Waals surface area contributed by atoms with Crippen LogP contribution in [0.3, 0.4) is 0 Å². The number of nitrogens with one attached hydrogen (secondary N) is 2. The van der Waals surface area contributed by atoms with Crippen LogP contribution in [0.1, 0.15) is 36.1 Å². The molecule has 13 heteroatoms. The first-order chi connectivity index (χ1) is 21.8. The summed E-state index contributed by atoms with van der Waals surface area (Å²) in [6.07, 6.45) is 4.84. The van der Waals surface area contributed by atoms with Crippen molar-refractivity contribution >= 4 is 24.1 Å². The summed E-state index contributed by atoms with van der Waals surface area (Å²) in [5, 5.41) is 19.2. The number of urea groups is 1. The van der Waals surface area contributed by atoms with Crippen molar-refractivity contribution < 1.29 is 18.8 Å². The van der Waals surface area contributed by atoms with Gasteiger partial charge in [-0.05, 0) is 61.2 Å². The van der Waals surface area contributed by atoms with Gasteiger partial charge in [0.1, 0.15) is 23.6 Å². The Balaban J connectivity index is 1.57. The van der Waals surface area contributed by atoms with Crippen LogP contribution in [0.4, 0.5) is 9.18 Å². The van der Waals surface area contributed by atoms with Crippen molar-refractivity contribution in [2.24, 2.45) is 16.6 Å². The van der Waals surface area contributed by atoms with Gasteiger partial charge in [-0.15, -0.1) is 5.10 Å². The second-order valence-electron chi connectivity index (χ2n) is 10.3. The predicted molar refractivity (Wildman–Crippen MR) is 167 cm³/mol. The molecule has 1 aromatic heterocycles. The van der Waals surface area contributed by atoms with Gasteiger partial charge in [0.2, 0.25) is 11.8 Å². The van der Waals surface area contributed by atoms with Crippen LogP contribution in [0.25, 0.3) is 5.69 Å². The largest absolute Gasteiger partial charge is 0.368 e. The Morgan fingerprint density at radius 3 is 2.29 bits per heavy atom. The Hall–Kier alpha value is -5.43. The number of carbonyl (C=O) groups excluding carboxylic acids is 3. The summed E-state index contributed by atoms with van der Waals surface area (Å²) in [6.45, 7) is 0.349. The van der Waals surface area contributed by atoms with E-state index in [1.54, 1.807) is 18.3 Å². The molecular weight excluding hydrogens is 577 g/mol. The molecule has 0 aliphatic heterocycles. The minimum absolute atomic E-state index is 0.0982. The molecule has 2 atom stereocenters. The van der Waals surface area contributed by atoms with E-state index in [0.717, 1.165) is 16.1 Å². The maximum atomic E-state index is 13.7. The minimum atomic E-state index is -1.07. The van der Waals surface area contributed by atoms with Crippen LogP contribution in [-0.2, 0) is 22.6 Å². The molecule has 0 spiro atoms. The molecule has 3 aromatic carbocycles. The van der Waals surface area contributed by atoms with Gasteiger partial charge in [0.25, 0.3) is 0 Å². The van der Waals surface area contributed by atoms with Crippen LogP contribution in [0.2, 0.25) is 0 Å². The SMILES string of the molecule is NCCCC[C@H](NC(=O)[C@@H](Cc1ccccc1)NC(=O)N(Cc1cn(-c2ccc(F)cc2)nn1)/N=C/c1ccccc1)C(N)=O. The molecule has 12 nitrogen and oxygen atoms in total. The van der Waals surface area contributed by atoms with Gasteiger partial charge in [0, 0.05) is 6.42 Å². The smallest absolute Gasteiger partial charge is 0.338 e. The molecule has 0 aliphatic carbocycles. The lowest BCUT2D eigenvalue weighted by atomic mass is 10.0. The van der Waals surface area contributed by atoms with Crippen LogP contribution >= 0.6 is 0 Å². The van der Waals surface area contributed by atoms with Crippen molar-refractivity contribution in [1.82, 2.24) is 30.6 Å². The topological polar surface area (TPSA) is 174 Å². The van der Waals surface area contributed by atoms with Crippen molar-refractivity contribution in [2.75, 3.05) is 6.54 Å². The summed E-state index contributed by atoms with van der Waals surface area (Å²) in [5.74, 6) is -1.63. The number of rotatable bonds is 15. The molecule has 0 bridgehead atoms. The first kappa shape index (κ1) is 32.5. The van der Waals surface area contributed by atoms with Crippen LogP contribution in [0, 0.1) is 5.82 Å². The average Bonchev–Trinajstić information content (AvgIpc) is 3.52. The molecule has 0 fully saturated rings. The fourth-order valence-corrected chi connectivity index (χ4v) is 4.42. The Labute approximate surface area is 260 Å². The van der Waals surface area contributed by atoms with Crippen molar-refractivity contribution in [2.45, 2.75) is 44.3 Å². The molecule has 0 unspecified atom stereocenters. The van der Waals surface area contributed by atoms with Crippen molar-refractivity contribution in [3.8, 4) is 5.69 Å². The molecule has 4 aromatic rings. The number of nitrogens with two attached hydrogens (primary N) is 2. The lowest BCUT2D eigenvalue weighted by Crippen LogP contribution is -2.55. The van der Waals surface area contributed by atoms with Crippen molar-refractivity contribution in [3.63, 3.8) is 0 Å².